The topological polar surface area (TPSA) is 63.2 Å². The van der Waals surface area contributed by atoms with E-state index in [1.54, 1.807) is 7.11 Å². The van der Waals surface area contributed by atoms with Gasteiger partial charge in [0.15, 0.2) is 5.13 Å². The zero-order chi connectivity index (χ0) is 16.8. The predicted molar refractivity (Wildman–Crippen MR) is 96.4 cm³/mol. The van der Waals surface area contributed by atoms with Crippen molar-refractivity contribution in [2.45, 2.75) is 6.54 Å². The normalized spacial score (nSPS) is 10.2. The summed E-state index contributed by atoms with van der Waals surface area (Å²) >= 11 is 1.39. The molecule has 0 saturated heterocycles. The van der Waals surface area contributed by atoms with E-state index >= 15 is 0 Å². The first kappa shape index (κ1) is 16.0. The van der Waals surface area contributed by atoms with Crippen LogP contribution in [0.5, 0.6) is 5.75 Å². The monoisotopic (exact) mass is 339 g/mol. The molecule has 2 amide bonds. The number of hydrogen-bond donors (Lipinski definition) is 2. The van der Waals surface area contributed by atoms with Gasteiger partial charge in [-0.3, -0.25) is 5.32 Å². The highest BCUT2D eigenvalue weighted by Crippen LogP contribution is 2.26. The van der Waals surface area contributed by atoms with Gasteiger partial charge in [0.05, 0.1) is 12.8 Å². The third-order valence-corrected chi connectivity index (χ3v) is 4.16. The van der Waals surface area contributed by atoms with Gasteiger partial charge in [0.2, 0.25) is 0 Å². The fourth-order valence-corrected chi connectivity index (χ4v) is 2.86. The summed E-state index contributed by atoms with van der Waals surface area (Å²) in [5.41, 5.74) is 2.84. The maximum atomic E-state index is 11.9. The highest BCUT2D eigenvalue weighted by Gasteiger charge is 2.08. The highest BCUT2D eigenvalue weighted by molar-refractivity contribution is 7.14. The summed E-state index contributed by atoms with van der Waals surface area (Å²) in [7, 11) is 1.63. The quantitative estimate of drug-likeness (QED) is 0.734. The SMILES string of the molecule is COc1ccc(-c2csc(NC(=O)NCc3ccccc3)n2)cc1. The number of urea groups is 1. The lowest BCUT2D eigenvalue weighted by atomic mass is 10.2. The number of methoxy groups -OCH3 is 1. The highest BCUT2D eigenvalue weighted by atomic mass is 32.1. The number of amides is 2. The van der Waals surface area contributed by atoms with Crippen molar-refractivity contribution in [3.63, 3.8) is 0 Å². The number of aromatic nitrogens is 1. The van der Waals surface area contributed by atoms with E-state index in [2.05, 4.69) is 15.6 Å². The average molecular weight is 339 g/mol. The third kappa shape index (κ3) is 4.11. The Bertz CT molecular complexity index is 801. The van der Waals surface area contributed by atoms with E-state index in [4.69, 9.17) is 4.74 Å². The minimum absolute atomic E-state index is 0.269. The Balaban J connectivity index is 1.58. The second kappa shape index (κ2) is 7.61. The molecular formula is C18H17N3O2S. The molecule has 3 rings (SSSR count). The fraction of sp³-hybridized carbons (Fsp3) is 0.111. The van der Waals surface area contributed by atoms with E-state index in [0.29, 0.717) is 11.7 Å². The molecule has 3 aromatic rings. The Kier molecular flexibility index (Phi) is 5.08. The van der Waals surface area contributed by atoms with Crippen molar-refractivity contribution in [1.29, 1.82) is 0 Å². The Morgan fingerprint density at radius 1 is 1.12 bits per heavy atom. The van der Waals surface area contributed by atoms with Crippen LogP contribution in [0.2, 0.25) is 0 Å². The van der Waals surface area contributed by atoms with Crippen LogP contribution in [0.1, 0.15) is 5.56 Å². The second-order valence-electron chi connectivity index (χ2n) is 5.06. The Morgan fingerprint density at radius 3 is 2.58 bits per heavy atom. The van der Waals surface area contributed by atoms with E-state index < -0.39 is 0 Å². The molecule has 0 spiro atoms. The van der Waals surface area contributed by atoms with Crippen LogP contribution in [0, 0.1) is 0 Å². The number of nitrogens with zero attached hydrogens (tertiary/aromatic N) is 1. The number of thiazole rings is 1. The van der Waals surface area contributed by atoms with E-state index in [0.717, 1.165) is 22.6 Å². The van der Waals surface area contributed by atoms with Crippen LogP contribution in [0.15, 0.2) is 60.0 Å². The Hall–Kier alpha value is -2.86. The predicted octanol–water partition coefficient (Wildman–Crippen LogP) is 4.14. The summed E-state index contributed by atoms with van der Waals surface area (Å²) in [4.78, 5) is 16.4. The van der Waals surface area contributed by atoms with Gasteiger partial charge in [0, 0.05) is 17.5 Å². The minimum Gasteiger partial charge on any atom is -0.497 e. The lowest BCUT2D eigenvalue weighted by Crippen LogP contribution is -2.28. The van der Waals surface area contributed by atoms with Gasteiger partial charge in [-0.1, -0.05) is 30.3 Å². The van der Waals surface area contributed by atoms with Gasteiger partial charge in [-0.05, 0) is 29.8 Å². The maximum Gasteiger partial charge on any atom is 0.321 e. The molecule has 0 fully saturated rings. The number of ether oxygens (including phenoxy) is 1. The minimum atomic E-state index is -0.269. The summed E-state index contributed by atoms with van der Waals surface area (Å²) < 4.78 is 5.14. The molecule has 0 atom stereocenters. The molecule has 0 aliphatic rings. The molecule has 5 nitrogen and oxygen atoms in total. The van der Waals surface area contributed by atoms with Gasteiger partial charge in [-0.2, -0.15) is 0 Å². The smallest absolute Gasteiger partial charge is 0.321 e. The van der Waals surface area contributed by atoms with Crippen molar-refractivity contribution in [3.8, 4) is 17.0 Å². The number of benzene rings is 2. The molecule has 0 saturated carbocycles. The molecule has 2 aromatic carbocycles. The van der Waals surface area contributed by atoms with Crippen LogP contribution in [-0.4, -0.2) is 18.1 Å². The molecule has 2 N–H and O–H groups in total. The number of carbonyl (C=O) groups is 1. The third-order valence-electron chi connectivity index (χ3n) is 3.41. The van der Waals surface area contributed by atoms with Crippen molar-refractivity contribution in [2.75, 3.05) is 12.4 Å². The fourth-order valence-electron chi connectivity index (χ4n) is 2.15. The van der Waals surface area contributed by atoms with Crippen LogP contribution in [-0.2, 0) is 6.54 Å². The largest absolute Gasteiger partial charge is 0.497 e. The van der Waals surface area contributed by atoms with Gasteiger partial charge in [0.25, 0.3) is 0 Å². The maximum absolute atomic E-state index is 11.9. The summed E-state index contributed by atoms with van der Waals surface area (Å²) in [6.07, 6.45) is 0. The number of hydrogen-bond acceptors (Lipinski definition) is 4. The molecule has 1 aromatic heterocycles. The second-order valence-corrected chi connectivity index (χ2v) is 5.92. The molecule has 122 valence electrons. The Morgan fingerprint density at radius 2 is 1.88 bits per heavy atom. The first-order valence-electron chi connectivity index (χ1n) is 7.43. The molecule has 24 heavy (non-hydrogen) atoms. The van der Waals surface area contributed by atoms with Crippen LogP contribution >= 0.6 is 11.3 Å². The van der Waals surface area contributed by atoms with Crippen LogP contribution < -0.4 is 15.4 Å². The summed E-state index contributed by atoms with van der Waals surface area (Å²) in [6, 6.07) is 17.1. The van der Waals surface area contributed by atoms with Crippen LogP contribution in [0.3, 0.4) is 0 Å². The Labute approximate surface area is 144 Å². The molecule has 0 unspecified atom stereocenters. The van der Waals surface area contributed by atoms with Crippen molar-refractivity contribution in [3.05, 3.63) is 65.5 Å². The van der Waals surface area contributed by atoms with Crippen molar-refractivity contribution < 1.29 is 9.53 Å². The van der Waals surface area contributed by atoms with Gasteiger partial charge >= 0.3 is 6.03 Å². The van der Waals surface area contributed by atoms with Gasteiger partial charge in [-0.25, -0.2) is 9.78 Å². The molecule has 6 heteroatoms. The van der Waals surface area contributed by atoms with E-state index in [1.165, 1.54) is 11.3 Å². The van der Waals surface area contributed by atoms with Gasteiger partial charge in [0.1, 0.15) is 5.75 Å². The molecule has 0 bridgehead atoms. The number of nitrogens with one attached hydrogen (secondary N) is 2. The average Bonchev–Trinajstić information content (AvgIpc) is 3.09. The molecule has 1 heterocycles. The van der Waals surface area contributed by atoms with Crippen LogP contribution in [0.25, 0.3) is 11.3 Å². The number of carbonyl (C=O) groups excluding carboxylic acids is 1. The standard InChI is InChI=1S/C18H17N3O2S/c1-23-15-9-7-14(8-10-15)16-12-24-18(20-16)21-17(22)19-11-13-5-3-2-4-6-13/h2-10,12H,11H2,1H3,(H2,19,20,21,22). The van der Waals surface area contributed by atoms with E-state index in [-0.39, 0.29) is 6.03 Å². The number of rotatable bonds is 5. The summed E-state index contributed by atoms with van der Waals surface area (Å²) in [5, 5.41) is 8.04. The first-order valence-corrected chi connectivity index (χ1v) is 8.31. The molecule has 0 aliphatic carbocycles. The van der Waals surface area contributed by atoms with Crippen LogP contribution in [0.4, 0.5) is 9.93 Å². The van der Waals surface area contributed by atoms with Crippen molar-refractivity contribution in [2.24, 2.45) is 0 Å². The van der Waals surface area contributed by atoms with E-state index in [9.17, 15) is 4.79 Å². The summed E-state index contributed by atoms with van der Waals surface area (Å²) in [5.74, 6) is 0.799. The molecular weight excluding hydrogens is 322 g/mol. The lowest BCUT2D eigenvalue weighted by Gasteiger charge is -2.05. The van der Waals surface area contributed by atoms with Gasteiger partial charge in [-0.15, -0.1) is 11.3 Å². The van der Waals surface area contributed by atoms with Gasteiger partial charge < -0.3 is 10.1 Å². The first-order chi connectivity index (χ1) is 11.7. The van der Waals surface area contributed by atoms with E-state index in [1.807, 2.05) is 60.0 Å². The molecule has 0 aliphatic heterocycles. The lowest BCUT2D eigenvalue weighted by molar-refractivity contribution is 0.251. The molecule has 0 radical (unpaired) electrons. The zero-order valence-electron chi connectivity index (χ0n) is 13.2. The zero-order valence-corrected chi connectivity index (χ0v) is 14.0. The van der Waals surface area contributed by atoms with Crippen molar-refractivity contribution in [1.82, 2.24) is 10.3 Å². The summed E-state index contributed by atoms with van der Waals surface area (Å²) in [6.45, 7) is 0.476. The number of anilines is 1. The van der Waals surface area contributed by atoms with Crippen molar-refractivity contribution >= 4 is 22.5 Å².